The highest BCUT2D eigenvalue weighted by Gasteiger charge is 2.48. The summed E-state index contributed by atoms with van der Waals surface area (Å²) in [5.41, 5.74) is -5.35. The predicted molar refractivity (Wildman–Crippen MR) is 49.6 cm³/mol. The van der Waals surface area contributed by atoms with Crippen LogP contribution >= 0.6 is 0 Å². The second kappa shape index (κ2) is 5.50. The molecule has 0 aromatic rings. The van der Waals surface area contributed by atoms with Crippen LogP contribution in [-0.4, -0.2) is 20.0 Å². The third-order valence-electron chi connectivity index (χ3n) is 1.59. The molecule has 0 aliphatic carbocycles. The van der Waals surface area contributed by atoms with Crippen LogP contribution in [0.25, 0.3) is 0 Å². The van der Waals surface area contributed by atoms with Crippen LogP contribution in [0, 0.1) is 0 Å². The normalized spacial score (nSPS) is 14.9. The molecule has 7 heteroatoms. The molecular formula is C8H13F3O3S. The highest BCUT2D eigenvalue weighted by atomic mass is 32.2. The van der Waals surface area contributed by atoms with E-state index in [1.54, 1.807) is 6.08 Å². The molecule has 0 spiro atoms. The molecule has 0 heterocycles. The molecule has 0 amide bonds. The molecule has 15 heavy (non-hydrogen) atoms. The van der Waals surface area contributed by atoms with E-state index in [0.717, 1.165) is 0 Å². The largest absolute Gasteiger partial charge is 0.523 e. The van der Waals surface area contributed by atoms with E-state index in [1.165, 1.54) is 6.92 Å². The molecule has 0 rings (SSSR count). The maximum Gasteiger partial charge on any atom is 0.523 e. The summed E-state index contributed by atoms with van der Waals surface area (Å²) in [6.45, 7) is 4.72. The molecule has 0 saturated heterocycles. The number of rotatable bonds is 6. The first-order valence-electron chi connectivity index (χ1n) is 4.31. The molecule has 0 aromatic heterocycles. The Labute approximate surface area is 87.0 Å². The van der Waals surface area contributed by atoms with Gasteiger partial charge in [0.2, 0.25) is 0 Å². The highest BCUT2D eigenvalue weighted by molar-refractivity contribution is 7.87. The third-order valence-corrected chi connectivity index (χ3v) is 2.74. The number of hydrogen-bond donors (Lipinski definition) is 0. The van der Waals surface area contributed by atoms with Crippen LogP contribution in [0.2, 0.25) is 0 Å². The smallest absolute Gasteiger partial charge is 0.260 e. The van der Waals surface area contributed by atoms with Gasteiger partial charge in [-0.05, 0) is 26.2 Å². The Balaban J connectivity index is 4.17. The molecule has 0 aliphatic heterocycles. The van der Waals surface area contributed by atoms with Gasteiger partial charge in [-0.15, -0.1) is 6.58 Å². The van der Waals surface area contributed by atoms with E-state index in [9.17, 15) is 21.6 Å². The van der Waals surface area contributed by atoms with E-state index >= 15 is 0 Å². The van der Waals surface area contributed by atoms with Crippen LogP contribution in [0.3, 0.4) is 0 Å². The second-order valence-electron chi connectivity index (χ2n) is 3.03. The summed E-state index contributed by atoms with van der Waals surface area (Å²) in [6.07, 6.45) is 2.01. The van der Waals surface area contributed by atoms with Gasteiger partial charge in [-0.25, -0.2) is 0 Å². The van der Waals surface area contributed by atoms with Gasteiger partial charge in [0.25, 0.3) is 0 Å². The highest BCUT2D eigenvalue weighted by Crippen LogP contribution is 2.26. The van der Waals surface area contributed by atoms with Crippen molar-refractivity contribution < 1.29 is 25.8 Å². The van der Waals surface area contributed by atoms with E-state index in [4.69, 9.17) is 0 Å². The van der Waals surface area contributed by atoms with Crippen molar-refractivity contribution in [3.8, 4) is 0 Å². The summed E-state index contributed by atoms with van der Waals surface area (Å²) in [4.78, 5) is 0. The SMILES string of the molecule is C=CCCCC(C)OS(=O)(=O)C(F)(F)F. The van der Waals surface area contributed by atoms with Gasteiger partial charge in [-0.1, -0.05) is 6.08 Å². The van der Waals surface area contributed by atoms with Crippen molar-refractivity contribution in [3.05, 3.63) is 12.7 Å². The Kier molecular flexibility index (Phi) is 5.30. The molecule has 0 fully saturated rings. The molecule has 0 saturated carbocycles. The van der Waals surface area contributed by atoms with Crippen LogP contribution in [0.15, 0.2) is 12.7 Å². The van der Waals surface area contributed by atoms with Gasteiger partial charge in [0.05, 0.1) is 6.10 Å². The van der Waals surface area contributed by atoms with Crippen molar-refractivity contribution in [2.24, 2.45) is 0 Å². The number of halogens is 3. The van der Waals surface area contributed by atoms with Crippen LogP contribution < -0.4 is 0 Å². The number of alkyl halides is 3. The number of hydrogen-bond acceptors (Lipinski definition) is 3. The fourth-order valence-corrected chi connectivity index (χ4v) is 1.51. The monoisotopic (exact) mass is 246 g/mol. The first-order chi connectivity index (χ1) is 6.70. The zero-order valence-electron chi connectivity index (χ0n) is 8.25. The molecule has 0 N–H and O–H groups in total. The number of allylic oxidation sites excluding steroid dienone is 1. The van der Waals surface area contributed by atoms with Crippen molar-refractivity contribution in [2.75, 3.05) is 0 Å². The molecule has 90 valence electrons. The first kappa shape index (κ1) is 14.4. The fourth-order valence-electron chi connectivity index (χ4n) is 0.869. The lowest BCUT2D eigenvalue weighted by Gasteiger charge is -2.13. The Morgan fingerprint density at radius 1 is 1.47 bits per heavy atom. The van der Waals surface area contributed by atoms with Crippen molar-refractivity contribution in [1.82, 2.24) is 0 Å². The van der Waals surface area contributed by atoms with Crippen LogP contribution in [0.1, 0.15) is 26.2 Å². The number of unbranched alkanes of at least 4 members (excludes halogenated alkanes) is 1. The minimum Gasteiger partial charge on any atom is -0.260 e. The fraction of sp³-hybridized carbons (Fsp3) is 0.750. The molecule has 0 bridgehead atoms. The minimum atomic E-state index is -5.46. The molecule has 1 atom stereocenters. The second-order valence-corrected chi connectivity index (χ2v) is 4.59. The summed E-state index contributed by atoms with van der Waals surface area (Å²) in [5.74, 6) is 0. The van der Waals surface area contributed by atoms with E-state index in [2.05, 4.69) is 10.8 Å². The molecule has 0 radical (unpaired) electrons. The van der Waals surface area contributed by atoms with Gasteiger partial charge in [0, 0.05) is 0 Å². The van der Waals surface area contributed by atoms with Gasteiger partial charge in [0.1, 0.15) is 0 Å². The van der Waals surface area contributed by atoms with E-state index < -0.39 is 21.7 Å². The first-order valence-corrected chi connectivity index (χ1v) is 5.72. The average molecular weight is 246 g/mol. The average Bonchev–Trinajstić information content (AvgIpc) is 2.01. The molecule has 3 nitrogen and oxygen atoms in total. The lowest BCUT2D eigenvalue weighted by atomic mass is 10.2. The lowest BCUT2D eigenvalue weighted by molar-refractivity contribution is -0.0570. The minimum absolute atomic E-state index is 0.237. The van der Waals surface area contributed by atoms with Crippen molar-refractivity contribution in [1.29, 1.82) is 0 Å². The Bertz CT molecular complexity index is 295. The van der Waals surface area contributed by atoms with Gasteiger partial charge in [-0.2, -0.15) is 21.6 Å². The summed E-state index contributed by atoms with van der Waals surface area (Å²) in [7, 11) is -5.46. The van der Waals surface area contributed by atoms with Crippen molar-refractivity contribution in [2.45, 2.75) is 37.8 Å². The topological polar surface area (TPSA) is 43.4 Å². The Morgan fingerprint density at radius 2 is 2.00 bits per heavy atom. The van der Waals surface area contributed by atoms with E-state index in [1.807, 2.05) is 0 Å². The summed E-state index contributed by atoms with van der Waals surface area (Å²) in [5, 5.41) is 0. The lowest BCUT2D eigenvalue weighted by Crippen LogP contribution is -2.28. The quantitative estimate of drug-likeness (QED) is 0.313. The van der Waals surface area contributed by atoms with Crippen LogP contribution in [-0.2, 0) is 14.3 Å². The maximum absolute atomic E-state index is 11.9. The van der Waals surface area contributed by atoms with Crippen molar-refractivity contribution in [3.63, 3.8) is 0 Å². The summed E-state index contributed by atoms with van der Waals surface area (Å²) in [6, 6.07) is 0. The zero-order valence-corrected chi connectivity index (χ0v) is 9.07. The summed E-state index contributed by atoms with van der Waals surface area (Å²) < 4.78 is 60.6. The maximum atomic E-state index is 11.9. The third kappa shape index (κ3) is 5.17. The van der Waals surface area contributed by atoms with Crippen molar-refractivity contribution >= 4 is 10.1 Å². The molecular weight excluding hydrogens is 233 g/mol. The standard InChI is InChI=1S/C8H13F3O3S/c1-3-4-5-6-7(2)14-15(12,13)8(9,10)11/h3,7H,1,4-6H2,2H3. The Hall–Kier alpha value is -0.560. The zero-order chi connectivity index (χ0) is 12.1. The van der Waals surface area contributed by atoms with Crippen LogP contribution in [0.4, 0.5) is 13.2 Å². The van der Waals surface area contributed by atoms with Gasteiger partial charge >= 0.3 is 15.6 Å². The van der Waals surface area contributed by atoms with Gasteiger partial charge in [0.15, 0.2) is 0 Å². The Morgan fingerprint density at radius 3 is 2.40 bits per heavy atom. The van der Waals surface area contributed by atoms with Crippen LogP contribution in [0.5, 0.6) is 0 Å². The van der Waals surface area contributed by atoms with Gasteiger partial charge in [-0.3, -0.25) is 4.18 Å². The summed E-state index contributed by atoms with van der Waals surface area (Å²) >= 11 is 0. The predicted octanol–water partition coefficient (Wildman–Crippen LogP) is 2.60. The molecule has 1 unspecified atom stereocenters. The van der Waals surface area contributed by atoms with Gasteiger partial charge < -0.3 is 0 Å². The van der Waals surface area contributed by atoms with E-state index in [-0.39, 0.29) is 6.42 Å². The van der Waals surface area contributed by atoms with E-state index in [0.29, 0.717) is 12.8 Å². The molecule has 0 aromatic carbocycles. The molecule has 0 aliphatic rings.